The van der Waals surface area contributed by atoms with Crippen molar-refractivity contribution in [3.63, 3.8) is 0 Å². The van der Waals surface area contributed by atoms with E-state index in [-0.39, 0.29) is 29.6 Å². The third-order valence-corrected chi connectivity index (χ3v) is 4.54. The first-order valence-electron chi connectivity index (χ1n) is 8.71. The summed E-state index contributed by atoms with van der Waals surface area (Å²) in [5.74, 6) is -1.19. The van der Waals surface area contributed by atoms with Gasteiger partial charge in [0.2, 0.25) is 5.78 Å². The number of aromatic nitrogens is 1. The van der Waals surface area contributed by atoms with E-state index < -0.39 is 17.9 Å². The van der Waals surface area contributed by atoms with Gasteiger partial charge < -0.3 is 19.8 Å². The number of Topliss-reactive ketones (excluding diaryl/α,β-unsaturated/α-hetero) is 2. The number of carbonyl (C=O) groups excluding carboxylic acids is 4. The second-order valence-electron chi connectivity index (χ2n) is 6.64. The first-order valence-corrected chi connectivity index (χ1v) is 8.71. The Morgan fingerprint density at radius 2 is 1.93 bits per heavy atom. The van der Waals surface area contributed by atoms with Crippen molar-refractivity contribution in [2.45, 2.75) is 33.8 Å². The van der Waals surface area contributed by atoms with Crippen molar-refractivity contribution >= 4 is 29.1 Å². The Labute approximate surface area is 161 Å². The molecule has 0 spiro atoms. The molecule has 2 heterocycles. The Hall–Kier alpha value is -3.42. The molecule has 1 aliphatic heterocycles. The van der Waals surface area contributed by atoms with E-state index in [2.05, 4.69) is 10.3 Å². The standard InChI is InChI=1S/C20H20N2O6/c1-9-17(11(3)23)10(2)21-18(9)19(25)12(4)28-20(26)13-5-6-14-15(7-13)27-8-16(24)22-14/h5-7,12,21H,8H2,1-4H3,(H,22,24). The third-order valence-electron chi connectivity index (χ3n) is 4.54. The number of esters is 1. The van der Waals surface area contributed by atoms with Crippen molar-refractivity contribution in [2.75, 3.05) is 11.9 Å². The van der Waals surface area contributed by atoms with Crippen molar-refractivity contribution in [3.8, 4) is 5.75 Å². The van der Waals surface area contributed by atoms with Gasteiger partial charge in [-0.3, -0.25) is 14.4 Å². The number of amides is 1. The number of hydrogen-bond acceptors (Lipinski definition) is 6. The van der Waals surface area contributed by atoms with Crippen molar-refractivity contribution in [1.29, 1.82) is 0 Å². The maximum Gasteiger partial charge on any atom is 0.338 e. The maximum atomic E-state index is 12.7. The van der Waals surface area contributed by atoms with E-state index in [0.717, 1.165) is 0 Å². The minimum absolute atomic E-state index is 0.135. The number of fused-ring (bicyclic) bond motifs is 1. The van der Waals surface area contributed by atoms with Crippen LogP contribution in [0.1, 0.15) is 56.3 Å². The number of aryl methyl sites for hydroxylation is 1. The number of anilines is 1. The summed E-state index contributed by atoms with van der Waals surface area (Å²) < 4.78 is 10.6. The smallest absolute Gasteiger partial charge is 0.338 e. The number of rotatable bonds is 5. The molecule has 1 aromatic heterocycles. The van der Waals surface area contributed by atoms with E-state index in [1.54, 1.807) is 13.8 Å². The number of ketones is 2. The normalized spacial score (nSPS) is 13.8. The molecule has 0 bridgehead atoms. The second kappa shape index (κ2) is 7.30. The van der Waals surface area contributed by atoms with Crippen LogP contribution in [0.25, 0.3) is 0 Å². The van der Waals surface area contributed by atoms with Crippen molar-refractivity contribution in [2.24, 2.45) is 0 Å². The molecule has 1 amide bonds. The number of H-pyrrole nitrogens is 1. The number of ether oxygens (including phenoxy) is 2. The lowest BCUT2D eigenvalue weighted by Gasteiger charge is -2.18. The van der Waals surface area contributed by atoms with Crippen LogP contribution in [-0.2, 0) is 9.53 Å². The van der Waals surface area contributed by atoms with E-state index >= 15 is 0 Å². The molecule has 3 rings (SSSR count). The van der Waals surface area contributed by atoms with Crippen molar-refractivity contribution in [3.05, 3.63) is 46.3 Å². The predicted octanol–water partition coefficient (Wildman–Crippen LogP) is 2.59. The summed E-state index contributed by atoms with van der Waals surface area (Å²) >= 11 is 0. The van der Waals surface area contributed by atoms with Gasteiger partial charge in [-0.05, 0) is 51.5 Å². The highest BCUT2D eigenvalue weighted by molar-refractivity contribution is 6.05. The van der Waals surface area contributed by atoms with Crippen molar-refractivity contribution in [1.82, 2.24) is 4.98 Å². The Kier molecular flexibility index (Phi) is 5.04. The maximum absolute atomic E-state index is 12.7. The van der Waals surface area contributed by atoms with Gasteiger partial charge in [0.25, 0.3) is 5.91 Å². The SMILES string of the molecule is CC(=O)c1c(C)[nH]c(C(=O)C(C)OC(=O)c2ccc3c(c2)OCC(=O)N3)c1C. The van der Waals surface area contributed by atoms with Crippen LogP contribution >= 0.6 is 0 Å². The average Bonchev–Trinajstić information content (AvgIpc) is 2.94. The van der Waals surface area contributed by atoms with Gasteiger partial charge in [-0.1, -0.05) is 0 Å². The third kappa shape index (κ3) is 3.53. The highest BCUT2D eigenvalue weighted by atomic mass is 16.5. The molecule has 8 nitrogen and oxygen atoms in total. The Morgan fingerprint density at radius 3 is 2.57 bits per heavy atom. The molecule has 1 unspecified atom stereocenters. The topological polar surface area (TPSA) is 115 Å². The zero-order chi connectivity index (χ0) is 20.6. The lowest BCUT2D eigenvalue weighted by atomic mass is 10.0. The molecule has 0 saturated heterocycles. The molecule has 0 saturated carbocycles. The summed E-state index contributed by atoms with van der Waals surface area (Å²) in [7, 11) is 0. The summed E-state index contributed by atoms with van der Waals surface area (Å²) in [5.41, 5.74) is 2.51. The van der Waals surface area contributed by atoms with Crippen LogP contribution in [0.5, 0.6) is 5.75 Å². The molecular formula is C20H20N2O6. The summed E-state index contributed by atoms with van der Waals surface area (Å²) in [6.07, 6.45) is -1.05. The fourth-order valence-electron chi connectivity index (χ4n) is 3.21. The molecule has 146 valence electrons. The van der Waals surface area contributed by atoms with Gasteiger partial charge in [0.05, 0.1) is 16.9 Å². The molecular weight excluding hydrogens is 364 g/mol. The zero-order valence-corrected chi connectivity index (χ0v) is 16.0. The minimum atomic E-state index is -1.05. The number of hydrogen-bond donors (Lipinski definition) is 2. The zero-order valence-electron chi connectivity index (χ0n) is 16.0. The predicted molar refractivity (Wildman–Crippen MR) is 100 cm³/mol. The lowest BCUT2D eigenvalue weighted by Crippen LogP contribution is -2.27. The monoisotopic (exact) mass is 384 g/mol. The first-order chi connectivity index (χ1) is 13.2. The fourth-order valence-corrected chi connectivity index (χ4v) is 3.21. The van der Waals surface area contributed by atoms with Crippen LogP contribution in [0.4, 0.5) is 5.69 Å². The summed E-state index contributed by atoms with van der Waals surface area (Å²) in [6, 6.07) is 4.46. The molecule has 1 atom stereocenters. The Balaban J connectivity index is 1.76. The van der Waals surface area contributed by atoms with Gasteiger partial charge in [-0.25, -0.2) is 4.79 Å². The van der Waals surface area contributed by atoms with Crippen LogP contribution in [0.3, 0.4) is 0 Å². The fraction of sp³-hybridized carbons (Fsp3) is 0.300. The van der Waals surface area contributed by atoms with Gasteiger partial charge >= 0.3 is 5.97 Å². The van der Waals surface area contributed by atoms with E-state index in [1.807, 2.05) is 0 Å². The molecule has 2 aromatic rings. The number of carbonyl (C=O) groups is 4. The van der Waals surface area contributed by atoms with Crippen LogP contribution in [-0.4, -0.2) is 41.1 Å². The van der Waals surface area contributed by atoms with E-state index in [1.165, 1.54) is 32.0 Å². The van der Waals surface area contributed by atoms with Gasteiger partial charge in [0.1, 0.15) is 5.75 Å². The number of nitrogens with one attached hydrogen (secondary N) is 2. The summed E-state index contributed by atoms with van der Waals surface area (Å²) in [4.78, 5) is 51.1. The highest BCUT2D eigenvalue weighted by Crippen LogP contribution is 2.29. The molecule has 1 aromatic carbocycles. The summed E-state index contributed by atoms with van der Waals surface area (Å²) in [6.45, 7) is 6.16. The van der Waals surface area contributed by atoms with Crippen LogP contribution < -0.4 is 10.1 Å². The highest BCUT2D eigenvalue weighted by Gasteiger charge is 2.27. The van der Waals surface area contributed by atoms with Gasteiger partial charge in [0, 0.05) is 11.3 Å². The molecule has 1 aliphatic rings. The number of aromatic amines is 1. The van der Waals surface area contributed by atoms with Crippen LogP contribution in [0.2, 0.25) is 0 Å². The second-order valence-corrected chi connectivity index (χ2v) is 6.64. The summed E-state index contributed by atoms with van der Waals surface area (Å²) in [5, 5.41) is 2.63. The van der Waals surface area contributed by atoms with Gasteiger partial charge in [-0.2, -0.15) is 0 Å². The molecule has 0 aliphatic carbocycles. The number of benzene rings is 1. The van der Waals surface area contributed by atoms with E-state index in [4.69, 9.17) is 9.47 Å². The average molecular weight is 384 g/mol. The van der Waals surface area contributed by atoms with Crippen LogP contribution in [0.15, 0.2) is 18.2 Å². The van der Waals surface area contributed by atoms with E-state index in [0.29, 0.717) is 28.3 Å². The van der Waals surface area contributed by atoms with E-state index in [9.17, 15) is 19.2 Å². The quantitative estimate of drug-likeness (QED) is 0.605. The van der Waals surface area contributed by atoms with Crippen molar-refractivity contribution < 1.29 is 28.7 Å². The molecule has 0 radical (unpaired) electrons. The largest absolute Gasteiger partial charge is 0.482 e. The Bertz CT molecular complexity index is 1000. The van der Waals surface area contributed by atoms with Gasteiger partial charge in [0.15, 0.2) is 18.5 Å². The first kappa shape index (κ1) is 19.3. The molecule has 0 fully saturated rings. The van der Waals surface area contributed by atoms with Crippen LogP contribution in [0, 0.1) is 13.8 Å². The molecule has 2 N–H and O–H groups in total. The molecule has 8 heteroatoms. The molecule has 28 heavy (non-hydrogen) atoms. The lowest BCUT2D eigenvalue weighted by molar-refractivity contribution is -0.118. The Morgan fingerprint density at radius 1 is 1.21 bits per heavy atom. The minimum Gasteiger partial charge on any atom is -0.482 e. The van der Waals surface area contributed by atoms with Gasteiger partial charge in [-0.15, -0.1) is 0 Å².